The molecule has 0 amide bonds. The Balaban J connectivity index is 2.21. The zero-order chi connectivity index (χ0) is 17.7. The van der Waals surface area contributed by atoms with Crippen LogP contribution >= 0.6 is 11.6 Å². The zero-order valence-corrected chi connectivity index (χ0v) is 14.9. The highest BCUT2D eigenvalue weighted by Crippen LogP contribution is 2.35. The van der Waals surface area contributed by atoms with Gasteiger partial charge in [-0.05, 0) is 5.56 Å². The van der Waals surface area contributed by atoms with E-state index in [2.05, 4.69) is 4.72 Å². The van der Waals surface area contributed by atoms with E-state index in [9.17, 15) is 8.42 Å². The third-order valence-corrected chi connectivity index (χ3v) is 5.34. The lowest BCUT2D eigenvalue weighted by atomic mass is 10.1. The van der Waals surface area contributed by atoms with Crippen LogP contribution in [0.1, 0.15) is 11.6 Å². The van der Waals surface area contributed by atoms with Gasteiger partial charge in [0.05, 0.1) is 19.2 Å². The van der Waals surface area contributed by atoms with Crippen LogP contribution in [-0.2, 0) is 10.0 Å². The highest BCUT2D eigenvalue weighted by atomic mass is 35.5. The summed E-state index contributed by atoms with van der Waals surface area (Å²) in [5.41, 5.74) is 6.85. The Labute approximate surface area is 146 Å². The molecule has 0 saturated carbocycles. The van der Waals surface area contributed by atoms with Crippen molar-refractivity contribution in [2.24, 2.45) is 5.73 Å². The maximum atomic E-state index is 12.5. The minimum atomic E-state index is -3.85. The van der Waals surface area contributed by atoms with Crippen LogP contribution in [-0.4, -0.2) is 29.2 Å². The summed E-state index contributed by atoms with van der Waals surface area (Å²) in [5.74, 6) is 0.622. The molecule has 3 N–H and O–H groups in total. The van der Waals surface area contributed by atoms with Crippen LogP contribution in [0, 0.1) is 0 Å². The lowest BCUT2D eigenvalue weighted by molar-refractivity contribution is 0.354. The minimum Gasteiger partial charge on any atom is -0.493 e. The third kappa shape index (κ3) is 4.18. The van der Waals surface area contributed by atoms with Gasteiger partial charge >= 0.3 is 0 Å². The van der Waals surface area contributed by atoms with Crippen LogP contribution in [0.3, 0.4) is 0 Å². The van der Waals surface area contributed by atoms with Crippen LogP contribution < -0.4 is 19.9 Å². The van der Waals surface area contributed by atoms with E-state index in [1.807, 2.05) is 30.3 Å². The number of sulfonamides is 1. The average Bonchev–Trinajstić information content (AvgIpc) is 2.59. The molecule has 0 fully saturated rings. The van der Waals surface area contributed by atoms with Crippen LogP contribution in [0.15, 0.2) is 47.4 Å². The molecule has 0 heterocycles. The van der Waals surface area contributed by atoms with E-state index in [-0.39, 0.29) is 22.2 Å². The number of methoxy groups -OCH3 is 2. The van der Waals surface area contributed by atoms with E-state index in [1.165, 1.54) is 26.4 Å². The van der Waals surface area contributed by atoms with Gasteiger partial charge in [0.25, 0.3) is 0 Å². The number of rotatable bonds is 7. The van der Waals surface area contributed by atoms with Crippen molar-refractivity contribution in [1.29, 1.82) is 0 Å². The van der Waals surface area contributed by atoms with E-state index < -0.39 is 16.1 Å². The van der Waals surface area contributed by atoms with Crippen molar-refractivity contribution >= 4 is 21.6 Å². The highest BCUT2D eigenvalue weighted by Gasteiger charge is 2.22. The molecule has 0 radical (unpaired) electrons. The molecule has 2 rings (SSSR count). The predicted molar refractivity (Wildman–Crippen MR) is 93.1 cm³/mol. The molecule has 6 nitrogen and oxygen atoms in total. The first-order valence-electron chi connectivity index (χ1n) is 7.10. The van der Waals surface area contributed by atoms with Crippen LogP contribution in [0.4, 0.5) is 0 Å². The molecular weight excluding hydrogens is 352 g/mol. The summed E-state index contributed by atoms with van der Waals surface area (Å²) < 4.78 is 37.7. The molecule has 0 aromatic heterocycles. The molecule has 24 heavy (non-hydrogen) atoms. The number of hydrogen-bond acceptors (Lipinski definition) is 5. The molecule has 1 unspecified atom stereocenters. The fourth-order valence-corrected chi connectivity index (χ4v) is 3.73. The molecule has 0 bridgehead atoms. The second-order valence-electron chi connectivity index (χ2n) is 5.01. The first-order chi connectivity index (χ1) is 11.4. The topological polar surface area (TPSA) is 90.7 Å². The van der Waals surface area contributed by atoms with Crippen LogP contribution in [0.5, 0.6) is 11.5 Å². The summed E-state index contributed by atoms with van der Waals surface area (Å²) in [4.78, 5) is -0.0953. The van der Waals surface area contributed by atoms with Gasteiger partial charge in [0.15, 0.2) is 11.5 Å². The van der Waals surface area contributed by atoms with Gasteiger partial charge in [0.1, 0.15) is 4.90 Å². The Morgan fingerprint density at radius 2 is 1.71 bits per heavy atom. The fraction of sp³-hybridized carbons (Fsp3) is 0.250. The van der Waals surface area contributed by atoms with E-state index in [1.54, 1.807) is 0 Å². The Bertz CT molecular complexity index is 797. The molecule has 0 spiro atoms. The number of halogens is 1. The average molecular weight is 371 g/mol. The van der Waals surface area contributed by atoms with Crippen molar-refractivity contribution in [1.82, 2.24) is 4.72 Å². The number of nitrogens with one attached hydrogen (secondary N) is 1. The summed E-state index contributed by atoms with van der Waals surface area (Å²) in [5, 5.41) is 0.0356. The monoisotopic (exact) mass is 370 g/mol. The molecular formula is C16H19ClN2O4S. The summed E-state index contributed by atoms with van der Waals surface area (Å²) in [6.45, 7) is 0.0387. The Morgan fingerprint density at radius 3 is 2.29 bits per heavy atom. The maximum absolute atomic E-state index is 12.5. The lowest BCUT2D eigenvalue weighted by Gasteiger charge is -2.15. The molecule has 0 aliphatic heterocycles. The van der Waals surface area contributed by atoms with Gasteiger partial charge in [0, 0.05) is 24.7 Å². The summed E-state index contributed by atoms with van der Waals surface area (Å²) >= 11 is 6.07. The standard InChI is InChI=1S/C16H19ClN2O4S/c1-22-14-8-12(17)16(9-15(14)23-2)24(20,21)19-10-13(18)11-6-4-3-5-7-11/h3-9,13,19H,10,18H2,1-2H3. The van der Waals surface area contributed by atoms with Gasteiger partial charge in [-0.2, -0.15) is 0 Å². The van der Waals surface area contributed by atoms with E-state index >= 15 is 0 Å². The SMILES string of the molecule is COc1cc(Cl)c(S(=O)(=O)NCC(N)c2ccccc2)cc1OC. The number of hydrogen-bond donors (Lipinski definition) is 2. The van der Waals surface area contributed by atoms with Gasteiger partial charge < -0.3 is 15.2 Å². The van der Waals surface area contributed by atoms with Crippen molar-refractivity contribution in [2.45, 2.75) is 10.9 Å². The first-order valence-corrected chi connectivity index (χ1v) is 8.97. The molecule has 0 aliphatic rings. The molecule has 1 atom stereocenters. The van der Waals surface area contributed by atoms with Gasteiger partial charge in [-0.25, -0.2) is 13.1 Å². The van der Waals surface area contributed by atoms with Gasteiger partial charge in [0.2, 0.25) is 10.0 Å². The van der Waals surface area contributed by atoms with E-state index in [4.69, 9.17) is 26.8 Å². The number of benzene rings is 2. The smallest absolute Gasteiger partial charge is 0.242 e. The maximum Gasteiger partial charge on any atom is 0.242 e. The van der Waals surface area contributed by atoms with Crippen molar-refractivity contribution in [3.05, 3.63) is 53.1 Å². The third-order valence-electron chi connectivity index (χ3n) is 3.45. The van der Waals surface area contributed by atoms with Gasteiger partial charge in [-0.15, -0.1) is 0 Å². The van der Waals surface area contributed by atoms with Crippen molar-refractivity contribution in [3.63, 3.8) is 0 Å². The highest BCUT2D eigenvalue weighted by molar-refractivity contribution is 7.89. The van der Waals surface area contributed by atoms with Crippen molar-refractivity contribution in [2.75, 3.05) is 20.8 Å². The summed E-state index contributed by atoms with van der Waals surface area (Å²) in [6, 6.07) is 11.5. The zero-order valence-electron chi connectivity index (χ0n) is 13.3. The van der Waals surface area contributed by atoms with Gasteiger partial charge in [-0.1, -0.05) is 41.9 Å². The molecule has 0 saturated heterocycles. The van der Waals surface area contributed by atoms with Crippen molar-refractivity contribution in [3.8, 4) is 11.5 Å². The van der Waals surface area contributed by atoms with E-state index in [0.717, 1.165) is 5.56 Å². The molecule has 2 aromatic carbocycles. The Hall–Kier alpha value is -1.80. The Kier molecular flexibility index (Phi) is 6.06. The second-order valence-corrected chi connectivity index (χ2v) is 7.15. The largest absolute Gasteiger partial charge is 0.493 e. The fourth-order valence-electron chi connectivity index (χ4n) is 2.14. The first kappa shape index (κ1) is 18.5. The predicted octanol–water partition coefficient (Wildman–Crippen LogP) is 2.34. The summed E-state index contributed by atoms with van der Waals surface area (Å²) in [7, 11) is -0.988. The molecule has 130 valence electrons. The van der Waals surface area contributed by atoms with Crippen LogP contribution in [0.25, 0.3) is 0 Å². The van der Waals surface area contributed by atoms with E-state index in [0.29, 0.717) is 5.75 Å². The Morgan fingerprint density at radius 1 is 1.12 bits per heavy atom. The molecule has 0 aliphatic carbocycles. The quantitative estimate of drug-likeness (QED) is 0.780. The lowest BCUT2D eigenvalue weighted by Crippen LogP contribution is -2.32. The van der Waals surface area contributed by atoms with Gasteiger partial charge in [-0.3, -0.25) is 0 Å². The summed E-state index contributed by atoms with van der Waals surface area (Å²) in [6.07, 6.45) is 0. The number of nitrogens with two attached hydrogens (primary N) is 1. The van der Waals surface area contributed by atoms with Crippen LogP contribution in [0.2, 0.25) is 5.02 Å². The second kappa shape index (κ2) is 7.85. The normalized spacial score (nSPS) is 12.7. The number of ether oxygens (including phenoxy) is 2. The molecule has 2 aromatic rings. The molecule has 8 heteroatoms. The minimum absolute atomic E-state index is 0.0356. The van der Waals surface area contributed by atoms with Crippen molar-refractivity contribution < 1.29 is 17.9 Å².